The van der Waals surface area contributed by atoms with Gasteiger partial charge in [0.2, 0.25) is 23.6 Å². The molecule has 0 spiro atoms. The second-order valence-electron chi connectivity index (χ2n) is 16.0. The first-order chi connectivity index (χ1) is 25.5. The van der Waals surface area contributed by atoms with E-state index in [2.05, 4.69) is 21.3 Å². The fourth-order valence-electron chi connectivity index (χ4n) is 6.86. The number of rotatable bonds is 17. The second-order valence-corrected chi connectivity index (χ2v) is 16.0. The first-order valence-corrected chi connectivity index (χ1v) is 18.3. The Kier molecular flexibility index (Phi) is 14.3. The standard InChI is InChI=1S/C40H57N7O8/c1-23(2)29(20-24(3)35(52)43-27(21-32(50)51)36(53)42-18-19-47-30(48)16-17-31(47)49)46(11)38(55)34(39(4,5)6)44-37(54)33(41-9)40(7,8)26-22-45(10)28-15-13-12-14-25(26)28/h12-17,20,22-23,27,29,33-34,41H,18-19,21H2,1-11H3,(H,42,53)(H,43,52)(H,44,54)(H,50,51)/b24-20+/t27-,29-,33-,34-/m1/s1. The van der Waals surface area contributed by atoms with Gasteiger partial charge in [-0.15, -0.1) is 0 Å². The Balaban J connectivity index is 1.80. The molecule has 1 aliphatic heterocycles. The lowest BCUT2D eigenvalue weighted by molar-refractivity contribution is -0.141. The molecule has 2 aromatic rings. The Bertz CT molecular complexity index is 1850. The number of carboxylic acid groups (broad SMARTS) is 1. The van der Waals surface area contributed by atoms with Gasteiger partial charge in [0.25, 0.3) is 11.8 Å². The molecular formula is C40H57N7O8. The molecule has 2 heterocycles. The highest BCUT2D eigenvalue weighted by Crippen LogP contribution is 2.35. The molecule has 0 fully saturated rings. The summed E-state index contributed by atoms with van der Waals surface area (Å²) >= 11 is 0. The fourth-order valence-corrected chi connectivity index (χ4v) is 6.86. The summed E-state index contributed by atoms with van der Waals surface area (Å²) in [6, 6.07) is 4.20. The van der Waals surface area contributed by atoms with Gasteiger partial charge in [0.05, 0.1) is 18.5 Å². The van der Waals surface area contributed by atoms with E-state index in [4.69, 9.17) is 0 Å². The number of aromatic nitrogens is 1. The zero-order valence-corrected chi connectivity index (χ0v) is 33.8. The van der Waals surface area contributed by atoms with Gasteiger partial charge in [-0.05, 0) is 36.9 Å². The molecule has 15 heteroatoms. The predicted molar refractivity (Wildman–Crippen MR) is 208 cm³/mol. The van der Waals surface area contributed by atoms with Crippen molar-refractivity contribution in [2.45, 2.75) is 91.4 Å². The number of likely N-dealkylation sites (N-methyl/N-ethyl adjacent to an activating group) is 2. The van der Waals surface area contributed by atoms with E-state index in [0.717, 1.165) is 33.5 Å². The van der Waals surface area contributed by atoms with E-state index in [1.165, 1.54) is 11.8 Å². The number of aryl methyl sites for hydroxylation is 1. The number of hydrogen-bond acceptors (Lipinski definition) is 8. The number of amides is 6. The highest BCUT2D eigenvalue weighted by molar-refractivity contribution is 6.12. The molecule has 0 radical (unpaired) electrons. The minimum Gasteiger partial charge on any atom is -0.481 e. The minimum atomic E-state index is -1.47. The molecule has 6 amide bonds. The van der Waals surface area contributed by atoms with Crippen LogP contribution in [0.1, 0.15) is 67.4 Å². The number of aliphatic carboxylic acids is 1. The van der Waals surface area contributed by atoms with Crippen LogP contribution < -0.4 is 21.3 Å². The smallest absolute Gasteiger partial charge is 0.305 e. The molecule has 15 nitrogen and oxygen atoms in total. The molecular weight excluding hydrogens is 706 g/mol. The van der Waals surface area contributed by atoms with Crippen LogP contribution in [0.25, 0.3) is 10.9 Å². The van der Waals surface area contributed by atoms with Crippen LogP contribution in [0.5, 0.6) is 0 Å². The van der Waals surface area contributed by atoms with Crippen molar-refractivity contribution < 1.29 is 38.7 Å². The van der Waals surface area contributed by atoms with Crippen molar-refractivity contribution in [2.24, 2.45) is 18.4 Å². The molecule has 0 saturated heterocycles. The van der Waals surface area contributed by atoms with Crippen molar-refractivity contribution >= 4 is 52.3 Å². The third-order valence-electron chi connectivity index (χ3n) is 10.1. The minimum absolute atomic E-state index is 0.129. The van der Waals surface area contributed by atoms with Crippen LogP contribution >= 0.6 is 0 Å². The summed E-state index contributed by atoms with van der Waals surface area (Å²) in [6.07, 6.45) is 5.09. The fraction of sp³-hybridized carbons (Fsp3) is 0.525. The number of para-hydroxylation sites is 1. The van der Waals surface area contributed by atoms with Crippen molar-refractivity contribution in [1.29, 1.82) is 0 Å². The van der Waals surface area contributed by atoms with Crippen molar-refractivity contribution in [1.82, 2.24) is 35.6 Å². The molecule has 0 aliphatic carbocycles. The van der Waals surface area contributed by atoms with E-state index in [1.54, 1.807) is 20.2 Å². The first-order valence-electron chi connectivity index (χ1n) is 18.3. The number of carboxylic acids is 1. The molecule has 1 aromatic heterocycles. The molecule has 1 aliphatic rings. The second kappa shape index (κ2) is 17.9. The van der Waals surface area contributed by atoms with Crippen molar-refractivity contribution in [3.05, 3.63) is 59.8 Å². The Labute approximate surface area is 322 Å². The molecule has 300 valence electrons. The summed E-state index contributed by atoms with van der Waals surface area (Å²) in [5, 5.41) is 21.6. The molecule has 4 atom stereocenters. The maximum absolute atomic E-state index is 14.3. The van der Waals surface area contributed by atoms with Crippen molar-refractivity contribution in [3.63, 3.8) is 0 Å². The first kappa shape index (κ1) is 44.1. The van der Waals surface area contributed by atoms with E-state index >= 15 is 0 Å². The lowest BCUT2D eigenvalue weighted by Gasteiger charge is -2.39. The quantitative estimate of drug-likeness (QED) is 0.118. The summed E-state index contributed by atoms with van der Waals surface area (Å²) in [6.45, 7) is 14.5. The van der Waals surface area contributed by atoms with Gasteiger partial charge in [-0.25, -0.2) is 0 Å². The normalized spacial score (nSPS) is 15.9. The van der Waals surface area contributed by atoms with E-state index < -0.39 is 71.0 Å². The van der Waals surface area contributed by atoms with Crippen molar-refractivity contribution in [2.75, 3.05) is 27.2 Å². The van der Waals surface area contributed by atoms with E-state index in [9.17, 15) is 38.7 Å². The largest absolute Gasteiger partial charge is 0.481 e. The van der Waals surface area contributed by atoms with Gasteiger partial charge in [0.15, 0.2) is 0 Å². The number of nitrogens with one attached hydrogen (secondary N) is 4. The van der Waals surface area contributed by atoms with E-state index in [1.807, 2.05) is 90.5 Å². The summed E-state index contributed by atoms with van der Waals surface area (Å²) in [4.78, 5) is 92.4. The van der Waals surface area contributed by atoms with E-state index in [0.29, 0.717) is 0 Å². The highest BCUT2D eigenvalue weighted by Gasteiger charge is 2.42. The summed E-state index contributed by atoms with van der Waals surface area (Å²) in [7, 11) is 5.27. The number of carbonyl (C=O) groups is 7. The highest BCUT2D eigenvalue weighted by atomic mass is 16.4. The molecule has 0 bridgehead atoms. The Hall–Kier alpha value is -5.31. The van der Waals surface area contributed by atoms with Crippen molar-refractivity contribution in [3.8, 4) is 0 Å². The SMILES string of the molecule is CN[C@H](C(=O)N[C@H](C(=O)N(C)[C@H](/C=C(\C)C(=O)N[C@H](CC(=O)O)C(=O)NCCN1C(=O)C=CC1=O)C(C)C)C(C)(C)C)C(C)(C)c1cn(C)c2ccccc12. The van der Waals surface area contributed by atoms with Crippen LogP contribution in [0.15, 0.2) is 54.3 Å². The number of hydrogen-bond donors (Lipinski definition) is 5. The predicted octanol–water partition coefficient (Wildman–Crippen LogP) is 2.00. The lowest BCUT2D eigenvalue weighted by atomic mass is 9.76. The summed E-state index contributed by atoms with van der Waals surface area (Å²) < 4.78 is 2.03. The average Bonchev–Trinajstić information content (AvgIpc) is 3.61. The maximum atomic E-state index is 14.3. The molecule has 0 unspecified atom stereocenters. The van der Waals surface area contributed by atoms with Crippen LogP contribution in [0.3, 0.4) is 0 Å². The topological polar surface area (TPSA) is 199 Å². The van der Waals surface area contributed by atoms with Gasteiger partial charge in [-0.2, -0.15) is 0 Å². The summed E-state index contributed by atoms with van der Waals surface area (Å²) in [5.74, 6) is -4.87. The molecule has 0 saturated carbocycles. The molecule has 5 N–H and O–H groups in total. The van der Waals surface area contributed by atoms with Gasteiger partial charge in [-0.3, -0.25) is 38.5 Å². The Morgan fingerprint density at radius 1 is 0.927 bits per heavy atom. The van der Waals surface area contributed by atoms with Gasteiger partial charge in [0, 0.05) is 67.4 Å². The van der Waals surface area contributed by atoms with Gasteiger partial charge in [0.1, 0.15) is 12.1 Å². The molecule has 1 aromatic carbocycles. The van der Waals surface area contributed by atoms with Crippen LogP contribution in [0.4, 0.5) is 0 Å². The number of carbonyl (C=O) groups excluding carboxylic acids is 6. The zero-order valence-electron chi connectivity index (χ0n) is 33.8. The average molecular weight is 764 g/mol. The maximum Gasteiger partial charge on any atom is 0.305 e. The molecule has 3 rings (SSSR count). The van der Waals surface area contributed by atoms with E-state index in [-0.39, 0.29) is 36.4 Å². The zero-order chi connectivity index (χ0) is 41.6. The van der Waals surface area contributed by atoms with Gasteiger partial charge >= 0.3 is 5.97 Å². The number of nitrogens with zero attached hydrogens (tertiary/aromatic N) is 3. The monoisotopic (exact) mass is 763 g/mol. The van der Waals surface area contributed by atoms with Gasteiger partial charge < -0.3 is 35.8 Å². The van der Waals surface area contributed by atoms with Gasteiger partial charge in [-0.1, -0.05) is 72.7 Å². The molecule has 55 heavy (non-hydrogen) atoms. The summed E-state index contributed by atoms with van der Waals surface area (Å²) in [5.41, 5.74) is 0.730. The van der Waals surface area contributed by atoms with Crippen LogP contribution in [-0.2, 0) is 46.0 Å². The van der Waals surface area contributed by atoms with Crippen LogP contribution in [-0.4, -0.2) is 112 Å². The number of benzene rings is 1. The van der Waals surface area contributed by atoms with Crippen LogP contribution in [0, 0.1) is 11.3 Å². The lowest BCUT2D eigenvalue weighted by Crippen LogP contribution is -2.61. The number of imide groups is 1. The van der Waals surface area contributed by atoms with Crippen LogP contribution in [0.2, 0.25) is 0 Å². The Morgan fingerprint density at radius 3 is 2.07 bits per heavy atom. The number of fused-ring (bicyclic) bond motifs is 1. The third-order valence-corrected chi connectivity index (χ3v) is 10.1. The Morgan fingerprint density at radius 2 is 1.53 bits per heavy atom. The third kappa shape index (κ3) is 10.5.